The van der Waals surface area contributed by atoms with Gasteiger partial charge in [-0.2, -0.15) is 17.4 Å². The zero-order chi connectivity index (χ0) is 14.8. The van der Waals surface area contributed by atoms with Crippen molar-refractivity contribution in [2.24, 2.45) is 0 Å². The summed E-state index contributed by atoms with van der Waals surface area (Å²) in [5, 5.41) is 3.99. The van der Waals surface area contributed by atoms with E-state index >= 15 is 0 Å². The highest BCUT2D eigenvalue weighted by atomic mass is 35.5. The van der Waals surface area contributed by atoms with Crippen molar-refractivity contribution in [2.75, 3.05) is 26.2 Å². The quantitative estimate of drug-likeness (QED) is 0.880. The van der Waals surface area contributed by atoms with E-state index in [1.54, 1.807) is 25.1 Å². The smallest absolute Gasteiger partial charge is 0.280 e. The predicted octanol–water partition coefficient (Wildman–Crippen LogP) is 1.79. The minimum Gasteiger partial charge on any atom is -0.314 e. The zero-order valence-electron chi connectivity index (χ0n) is 11.1. The van der Waals surface area contributed by atoms with Crippen LogP contribution in [-0.2, 0) is 10.2 Å². The molecule has 1 heterocycles. The normalized spacial score (nSPS) is 18.9. The molecule has 0 aromatic heterocycles. The molecule has 8 heteroatoms. The van der Waals surface area contributed by atoms with Gasteiger partial charge in [-0.15, -0.1) is 0 Å². The first-order valence-corrected chi connectivity index (χ1v) is 8.53. The van der Waals surface area contributed by atoms with E-state index in [9.17, 15) is 8.42 Å². The van der Waals surface area contributed by atoms with Gasteiger partial charge < -0.3 is 5.32 Å². The summed E-state index contributed by atoms with van der Waals surface area (Å²) in [6, 6.07) is 4.73. The van der Waals surface area contributed by atoms with Gasteiger partial charge in [0.25, 0.3) is 10.2 Å². The molecule has 1 unspecified atom stereocenters. The van der Waals surface area contributed by atoms with Gasteiger partial charge in [-0.05, 0) is 24.6 Å². The molecule has 0 bridgehead atoms. The zero-order valence-corrected chi connectivity index (χ0v) is 13.4. The number of piperazine rings is 1. The molecule has 1 aromatic rings. The Labute approximate surface area is 129 Å². The van der Waals surface area contributed by atoms with E-state index in [0.717, 1.165) is 5.56 Å². The Kier molecular flexibility index (Phi) is 5.28. The van der Waals surface area contributed by atoms with Crippen molar-refractivity contribution in [1.29, 1.82) is 0 Å². The Bertz CT molecular complexity index is 574. The van der Waals surface area contributed by atoms with Crippen LogP contribution in [0.1, 0.15) is 18.5 Å². The van der Waals surface area contributed by atoms with E-state index in [-0.39, 0.29) is 6.04 Å². The van der Waals surface area contributed by atoms with Crippen molar-refractivity contribution < 1.29 is 8.42 Å². The summed E-state index contributed by atoms with van der Waals surface area (Å²) in [6.45, 7) is 4.07. The molecule has 0 amide bonds. The monoisotopic (exact) mass is 337 g/mol. The van der Waals surface area contributed by atoms with Crippen molar-refractivity contribution >= 4 is 33.4 Å². The lowest BCUT2D eigenvalue weighted by atomic mass is 10.1. The summed E-state index contributed by atoms with van der Waals surface area (Å²) in [5.74, 6) is 0. The van der Waals surface area contributed by atoms with Crippen LogP contribution in [0.3, 0.4) is 0 Å². The molecule has 0 saturated carbocycles. The summed E-state index contributed by atoms with van der Waals surface area (Å²) < 4.78 is 28.6. The van der Waals surface area contributed by atoms with Gasteiger partial charge in [0.15, 0.2) is 0 Å². The van der Waals surface area contributed by atoms with Crippen LogP contribution in [0.2, 0.25) is 10.0 Å². The molecule has 112 valence electrons. The number of nitrogens with zero attached hydrogens (tertiary/aromatic N) is 1. The summed E-state index contributed by atoms with van der Waals surface area (Å²) in [4.78, 5) is 0. The maximum atomic E-state index is 12.2. The first-order chi connectivity index (χ1) is 9.40. The number of hydrogen-bond donors (Lipinski definition) is 2. The molecular formula is C12H17Cl2N3O2S. The Balaban J connectivity index is 2.09. The van der Waals surface area contributed by atoms with E-state index in [0.29, 0.717) is 36.2 Å². The summed E-state index contributed by atoms with van der Waals surface area (Å²) >= 11 is 11.8. The SMILES string of the molecule is CC(NS(=O)(=O)N1CCNCC1)c1ccc(Cl)c(Cl)c1. The second kappa shape index (κ2) is 6.60. The fourth-order valence-electron chi connectivity index (χ4n) is 2.03. The maximum Gasteiger partial charge on any atom is 0.280 e. The lowest BCUT2D eigenvalue weighted by Crippen LogP contribution is -2.50. The van der Waals surface area contributed by atoms with Gasteiger partial charge in [-0.3, -0.25) is 0 Å². The van der Waals surface area contributed by atoms with Crippen molar-refractivity contribution in [2.45, 2.75) is 13.0 Å². The maximum absolute atomic E-state index is 12.2. The molecule has 5 nitrogen and oxygen atoms in total. The molecule has 1 aromatic carbocycles. The Hall–Kier alpha value is -0.370. The molecule has 1 atom stereocenters. The number of rotatable bonds is 4. The van der Waals surface area contributed by atoms with Crippen LogP contribution in [0.4, 0.5) is 0 Å². The molecule has 2 N–H and O–H groups in total. The molecule has 1 fully saturated rings. The molecule has 0 spiro atoms. The van der Waals surface area contributed by atoms with E-state index in [1.807, 2.05) is 0 Å². The predicted molar refractivity (Wildman–Crippen MR) is 81.4 cm³/mol. The summed E-state index contributed by atoms with van der Waals surface area (Å²) in [5.41, 5.74) is 0.776. The second-order valence-electron chi connectivity index (χ2n) is 4.67. The van der Waals surface area contributed by atoms with Gasteiger partial charge in [0.2, 0.25) is 0 Å². The Morgan fingerprint density at radius 3 is 2.50 bits per heavy atom. The molecule has 1 aliphatic rings. The second-order valence-corrected chi connectivity index (χ2v) is 7.18. The van der Waals surface area contributed by atoms with Gasteiger partial charge in [-0.1, -0.05) is 29.3 Å². The van der Waals surface area contributed by atoms with E-state index < -0.39 is 10.2 Å². The van der Waals surface area contributed by atoms with Crippen LogP contribution in [0, 0.1) is 0 Å². The molecule has 0 radical (unpaired) electrons. The first-order valence-electron chi connectivity index (χ1n) is 6.33. The fourth-order valence-corrected chi connectivity index (χ4v) is 3.73. The van der Waals surface area contributed by atoms with E-state index in [4.69, 9.17) is 23.2 Å². The largest absolute Gasteiger partial charge is 0.314 e. The third kappa shape index (κ3) is 3.84. The molecule has 1 aliphatic heterocycles. The van der Waals surface area contributed by atoms with Crippen molar-refractivity contribution in [1.82, 2.24) is 14.3 Å². The summed E-state index contributed by atoms with van der Waals surface area (Å²) in [7, 11) is -3.49. The minimum atomic E-state index is -3.49. The molecule has 1 saturated heterocycles. The third-order valence-electron chi connectivity index (χ3n) is 3.19. The van der Waals surface area contributed by atoms with Gasteiger partial charge in [0.05, 0.1) is 10.0 Å². The van der Waals surface area contributed by atoms with Gasteiger partial charge >= 0.3 is 0 Å². The third-order valence-corrected chi connectivity index (χ3v) is 5.62. The summed E-state index contributed by atoms with van der Waals surface area (Å²) in [6.07, 6.45) is 0. The fraction of sp³-hybridized carbons (Fsp3) is 0.500. The average Bonchev–Trinajstić information content (AvgIpc) is 2.42. The van der Waals surface area contributed by atoms with E-state index in [2.05, 4.69) is 10.0 Å². The highest BCUT2D eigenvalue weighted by molar-refractivity contribution is 7.87. The lowest BCUT2D eigenvalue weighted by Gasteiger charge is -2.28. The number of hydrogen-bond acceptors (Lipinski definition) is 3. The van der Waals surface area contributed by atoms with Crippen LogP contribution in [-0.4, -0.2) is 38.9 Å². The minimum absolute atomic E-state index is 0.371. The molecular weight excluding hydrogens is 321 g/mol. The molecule has 20 heavy (non-hydrogen) atoms. The number of benzene rings is 1. The van der Waals surface area contributed by atoms with Crippen LogP contribution in [0.5, 0.6) is 0 Å². The standard InChI is InChI=1S/C12H17Cl2N3O2S/c1-9(10-2-3-11(13)12(14)8-10)16-20(18,19)17-6-4-15-5-7-17/h2-3,8-9,15-16H,4-7H2,1H3. The van der Waals surface area contributed by atoms with Gasteiger partial charge in [0, 0.05) is 32.2 Å². The van der Waals surface area contributed by atoms with Crippen molar-refractivity contribution in [3.63, 3.8) is 0 Å². The molecule has 2 rings (SSSR count). The van der Waals surface area contributed by atoms with Crippen LogP contribution >= 0.6 is 23.2 Å². The highest BCUT2D eigenvalue weighted by Crippen LogP contribution is 2.26. The number of halogens is 2. The van der Waals surface area contributed by atoms with Crippen LogP contribution in [0.15, 0.2) is 18.2 Å². The van der Waals surface area contributed by atoms with E-state index in [1.165, 1.54) is 4.31 Å². The van der Waals surface area contributed by atoms with Crippen LogP contribution in [0.25, 0.3) is 0 Å². The first kappa shape index (κ1) is 16.0. The highest BCUT2D eigenvalue weighted by Gasteiger charge is 2.25. The lowest BCUT2D eigenvalue weighted by molar-refractivity contribution is 0.352. The average molecular weight is 338 g/mol. The Morgan fingerprint density at radius 2 is 1.90 bits per heavy atom. The van der Waals surface area contributed by atoms with Crippen molar-refractivity contribution in [3.8, 4) is 0 Å². The number of nitrogens with one attached hydrogen (secondary N) is 2. The molecule has 0 aliphatic carbocycles. The van der Waals surface area contributed by atoms with Crippen LogP contribution < -0.4 is 10.0 Å². The van der Waals surface area contributed by atoms with Gasteiger partial charge in [-0.25, -0.2) is 0 Å². The Morgan fingerprint density at radius 1 is 1.25 bits per heavy atom. The van der Waals surface area contributed by atoms with Gasteiger partial charge in [0.1, 0.15) is 0 Å². The topological polar surface area (TPSA) is 61.4 Å². The van der Waals surface area contributed by atoms with Crippen molar-refractivity contribution in [3.05, 3.63) is 33.8 Å².